The number of pyridine rings is 1. The Morgan fingerprint density at radius 1 is 1.23 bits per heavy atom. The van der Waals surface area contributed by atoms with E-state index >= 15 is 0 Å². The van der Waals surface area contributed by atoms with Crippen molar-refractivity contribution in [3.8, 4) is 17.1 Å². The molecule has 0 amide bonds. The number of aromatic nitrogens is 3. The molecule has 3 aromatic heterocycles. The number of halogens is 1. The van der Waals surface area contributed by atoms with Crippen LogP contribution >= 0.6 is 11.6 Å². The standard InChI is InChI=1S/C24H25ClN4O6S2.C2H6/c1-13-9-17(15(3)34-19-5-6-20(25)28-24(19)37(26,32)33)23-18(10-13)21(30)14(2)22(35-23)16-11-27-29(12-16)7-8-36(4)31;1-2/h5-6,9-12,15H,7-8H2,1-4H3,(H2,26,32,33);1-2H3. The first-order valence-electron chi connectivity index (χ1n) is 12.1. The molecule has 0 bridgehead atoms. The summed E-state index contributed by atoms with van der Waals surface area (Å²) in [7, 11) is -5.19. The third-order valence-electron chi connectivity index (χ3n) is 5.70. The summed E-state index contributed by atoms with van der Waals surface area (Å²) in [4.78, 5) is 17.2. The van der Waals surface area contributed by atoms with Crippen molar-refractivity contribution in [1.82, 2.24) is 14.8 Å². The Balaban J connectivity index is 0.00000205. The summed E-state index contributed by atoms with van der Waals surface area (Å²) in [5.74, 6) is 0.704. The van der Waals surface area contributed by atoms with Crippen molar-refractivity contribution in [3.63, 3.8) is 0 Å². The maximum Gasteiger partial charge on any atom is 0.259 e. The van der Waals surface area contributed by atoms with Crippen LogP contribution in [0.4, 0.5) is 0 Å². The van der Waals surface area contributed by atoms with E-state index in [1.807, 2.05) is 20.8 Å². The van der Waals surface area contributed by atoms with Crippen LogP contribution in [0, 0.1) is 13.8 Å². The second-order valence-corrected chi connectivity index (χ2v) is 12.0. The van der Waals surface area contributed by atoms with Crippen LogP contribution in [0.2, 0.25) is 5.15 Å². The molecule has 0 aliphatic carbocycles. The Kier molecular flexibility index (Phi) is 9.70. The molecule has 3 heterocycles. The first-order chi connectivity index (χ1) is 18.3. The summed E-state index contributed by atoms with van der Waals surface area (Å²) in [6.07, 6.45) is 4.18. The van der Waals surface area contributed by atoms with Gasteiger partial charge in [0, 0.05) is 40.1 Å². The van der Waals surface area contributed by atoms with E-state index in [9.17, 15) is 17.4 Å². The number of hydrogen-bond donors (Lipinski definition) is 1. The van der Waals surface area contributed by atoms with Gasteiger partial charge in [0.25, 0.3) is 10.0 Å². The van der Waals surface area contributed by atoms with E-state index in [1.54, 1.807) is 49.3 Å². The summed E-state index contributed by atoms with van der Waals surface area (Å²) in [5.41, 5.74) is 2.40. The number of rotatable bonds is 8. The fourth-order valence-electron chi connectivity index (χ4n) is 3.92. The molecule has 0 saturated heterocycles. The lowest BCUT2D eigenvalue weighted by molar-refractivity contribution is 0.219. The molecule has 13 heteroatoms. The highest BCUT2D eigenvalue weighted by molar-refractivity contribution is 7.89. The maximum atomic E-state index is 13.4. The van der Waals surface area contributed by atoms with Crippen LogP contribution in [-0.2, 0) is 27.4 Å². The SMILES string of the molecule is CC.Cc1cc(C(C)Oc2ccc(Cl)nc2S(N)(=O)=O)c2oc(-c3cnn(CCS(C)=O)c3)c(C)c(=O)c2c1. The third-order valence-corrected chi connectivity index (χ3v) is 7.50. The molecule has 0 fully saturated rings. The van der Waals surface area contributed by atoms with Crippen molar-refractivity contribution in [3.05, 3.63) is 68.7 Å². The van der Waals surface area contributed by atoms with E-state index in [0.29, 0.717) is 45.7 Å². The van der Waals surface area contributed by atoms with Crippen LogP contribution in [0.15, 0.2) is 50.9 Å². The van der Waals surface area contributed by atoms with Crippen LogP contribution in [0.1, 0.15) is 43.6 Å². The first kappa shape index (κ1) is 30.5. The zero-order valence-electron chi connectivity index (χ0n) is 22.5. The number of sulfonamides is 1. The summed E-state index contributed by atoms with van der Waals surface area (Å²) in [6, 6.07) is 6.29. The molecule has 4 aromatic rings. The Labute approximate surface area is 234 Å². The molecule has 2 N–H and O–H groups in total. The third kappa shape index (κ3) is 6.93. The van der Waals surface area contributed by atoms with Crippen molar-refractivity contribution >= 4 is 43.4 Å². The molecular weight excluding hydrogens is 564 g/mol. The number of ether oxygens (including phenoxy) is 1. The fourth-order valence-corrected chi connectivity index (χ4v) is 5.19. The number of aryl methyl sites for hydroxylation is 2. The van der Waals surface area contributed by atoms with Gasteiger partial charge in [0.05, 0.1) is 23.7 Å². The highest BCUT2D eigenvalue weighted by Gasteiger charge is 2.24. The van der Waals surface area contributed by atoms with E-state index in [1.165, 1.54) is 12.1 Å². The van der Waals surface area contributed by atoms with Gasteiger partial charge in [0.1, 0.15) is 22.6 Å². The molecule has 10 nitrogen and oxygen atoms in total. The molecule has 0 aliphatic rings. The van der Waals surface area contributed by atoms with E-state index in [4.69, 9.17) is 25.9 Å². The number of fused-ring (bicyclic) bond motifs is 1. The Morgan fingerprint density at radius 3 is 2.56 bits per heavy atom. The van der Waals surface area contributed by atoms with Gasteiger partial charge < -0.3 is 9.15 Å². The summed E-state index contributed by atoms with van der Waals surface area (Å²) >= 11 is 5.86. The monoisotopic (exact) mass is 594 g/mol. The topological polar surface area (TPSA) is 147 Å². The molecule has 4 rings (SSSR count). The van der Waals surface area contributed by atoms with Crippen LogP contribution < -0.4 is 15.3 Å². The number of primary sulfonamides is 1. The zero-order chi connectivity index (χ0) is 29.1. The van der Waals surface area contributed by atoms with Gasteiger partial charge in [-0.2, -0.15) is 5.10 Å². The van der Waals surface area contributed by atoms with Crippen molar-refractivity contribution in [2.75, 3.05) is 12.0 Å². The minimum atomic E-state index is -4.22. The van der Waals surface area contributed by atoms with Crippen LogP contribution in [0.25, 0.3) is 22.3 Å². The molecule has 0 spiro atoms. The maximum absolute atomic E-state index is 13.4. The molecule has 0 radical (unpaired) electrons. The molecule has 39 heavy (non-hydrogen) atoms. The first-order valence-corrected chi connectivity index (χ1v) is 15.8. The second-order valence-electron chi connectivity index (χ2n) is 8.63. The van der Waals surface area contributed by atoms with Gasteiger partial charge in [-0.25, -0.2) is 18.5 Å². The largest absolute Gasteiger partial charge is 0.483 e. The molecule has 2 atom stereocenters. The predicted octanol–water partition coefficient (Wildman–Crippen LogP) is 4.51. The lowest BCUT2D eigenvalue weighted by Crippen LogP contribution is -2.17. The highest BCUT2D eigenvalue weighted by Crippen LogP contribution is 2.34. The molecule has 0 aliphatic heterocycles. The van der Waals surface area contributed by atoms with Crippen molar-refractivity contribution < 1.29 is 21.8 Å². The van der Waals surface area contributed by atoms with Gasteiger partial charge in [-0.05, 0) is 50.6 Å². The average Bonchev–Trinajstić information content (AvgIpc) is 3.35. The lowest BCUT2D eigenvalue weighted by atomic mass is 10.0. The predicted molar refractivity (Wildman–Crippen MR) is 153 cm³/mol. The van der Waals surface area contributed by atoms with Gasteiger partial charge in [0.15, 0.2) is 11.2 Å². The molecular formula is C26H31ClN4O6S2. The quantitative estimate of drug-likeness (QED) is 0.293. The van der Waals surface area contributed by atoms with Gasteiger partial charge in [0.2, 0.25) is 5.03 Å². The molecule has 210 valence electrons. The second kappa shape index (κ2) is 12.4. The smallest absolute Gasteiger partial charge is 0.259 e. The zero-order valence-corrected chi connectivity index (χ0v) is 24.9. The van der Waals surface area contributed by atoms with E-state index in [0.717, 1.165) is 5.56 Å². The van der Waals surface area contributed by atoms with Crippen molar-refractivity contribution in [1.29, 1.82) is 0 Å². The summed E-state index contributed by atoms with van der Waals surface area (Å²) in [6.45, 7) is 9.66. The summed E-state index contributed by atoms with van der Waals surface area (Å²) in [5, 5.41) is 9.40. The van der Waals surface area contributed by atoms with Crippen LogP contribution in [0.3, 0.4) is 0 Å². The van der Waals surface area contributed by atoms with E-state index in [-0.39, 0.29) is 16.3 Å². The Hall–Kier alpha value is -3.06. The minimum Gasteiger partial charge on any atom is -0.483 e. The minimum absolute atomic E-state index is 0.0538. The highest BCUT2D eigenvalue weighted by atomic mass is 35.5. The number of nitrogens with two attached hydrogens (primary N) is 1. The van der Waals surface area contributed by atoms with Gasteiger partial charge in [-0.1, -0.05) is 25.4 Å². The molecule has 2 unspecified atom stereocenters. The van der Waals surface area contributed by atoms with Gasteiger partial charge in [-0.15, -0.1) is 0 Å². The average molecular weight is 595 g/mol. The van der Waals surface area contributed by atoms with E-state index < -0.39 is 32.0 Å². The molecule has 1 aromatic carbocycles. The van der Waals surface area contributed by atoms with Crippen molar-refractivity contribution in [2.45, 2.75) is 52.3 Å². The Bertz CT molecular complexity index is 1700. The lowest BCUT2D eigenvalue weighted by Gasteiger charge is -2.19. The van der Waals surface area contributed by atoms with Crippen LogP contribution in [-0.4, -0.2) is 39.4 Å². The number of nitrogens with zero attached hydrogens (tertiary/aromatic N) is 3. The normalized spacial score (nSPS) is 13.0. The Morgan fingerprint density at radius 2 is 1.92 bits per heavy atom. The van der Waals surface area contributed by atoms with Gasteiger partial charge >= 0.3 is 0 Å². The van der Waals surface area contributed by atoms with Gasteiger partial charge in [-0.3, -0.25) is 13.7 Å². The summed E-state index contributed by atoms with van der Waals surface area (Å²) < 4.78 is 49.4. The number of benzene rings is 1. The number of hydrogen-bond acceptors (Lipinski definition) is 8. The van der Waals surface area contributed by atoms with E-state index in [2.05, 4.69) is 10.1 Å². The van der Waals surface area contributed by atoms with Crippen molar-refractivity contribution in [2.24, 2.45) is 5.14 Å². The fraction of sp³-hybridized carbons (Fsp3) is 0.346. The van der Waals surface area contributed by atoms with Crippen LogP contribution in [0.5, 0.6) is 5.75 Å². The molecule has 0 saturated carbocycles.